The van der Waals surface area contributed by atoms with E-state index in [-0.39, 0.29) is 4.90 Å². The Morgan fingerprint density at radius 2 is 2.10 bits per heavy atom. The van der Waals surface area contributed by atoms with Gasteiger partial charge in [0.25, 0.3) is 6.43 Å². The lowest BCUT2D eigenvalue weighted by molar-refractivity contribution is -0.0802. The van der Waals surface area contributed by atoms with E-state index in [1.165, 1.54) is 18.2 Å². The largest absolute Gasteiger partial charge is 0.485 e. The average molecular weight is 428 g/mol. The molecular weight excluding hydrogens is 406 g/mol. The first-order valence-corrected chi connectivity index (χ1v) is 10.6. The van der Waals surface area contributed by atoms with E-state index in [1.54, 1.807) is 36.9 Å². The van der Waals surface area contributed by atoms with Crippen molar-refractivity contribution >= 4 is 15.8 Å². The van der Waals surface area contributed by atoms with Gasteiger partial charge >= 0.3 is 0 Å². The van der Waals surface area contributed by atoms with Crippen molar-refractivity contribution in [3.63, 3.8) is 0 Å². The summed E-state index contributed by atoms with van der Waals surface area (Å²) in [4.78, 5) is 7.01. The van der Waals surface area contributed by atoms with Gasteiger partial charge in [-0.15, -0.1) is 4.99 Å². The van der Waals surface area contributed by atoms with Crippen LogP contribution in [0.3, 0.4) is 0 Å². The van der Waals surface area contributed by atoms with Crippen molar-refractivity contribution in [2.24, 2.45) is 4.99 Å². The molecule has 1 aromatic carbocycles. The summed E-state index contributed by atoms with van der Waals surface area (Å²) in [6, 6.07) is 3.13. The van der Waals surface area contributed by atoms with Gasteiger partial charge in [0.1, 0.15) is 23.2 Å². The molecule has 0 aromatic heterocycles. The molecule has 0 bridgehead atoms. The molecule has 1 aromatic rings. The van der Waals surface area contributed by atoms with Gasteiger partial charge in [-0.25, -0.2) is 17.2 Å². The van der Waals surface area contributed by atoms with E-state index in [1.807, 2.05) is 0 Å². The fraction of sp³-hybridized carbons (Fsp3) is 0.556. The zero-order valence-electron chi connectivity index (χ0n) is 16.2. The van der Waals surface area contributed by atoms with Crippen molar-refractivity contribution < 1.29 is 27.0 Å². The van der Waals surface area contributed by atoms with Gasteiger partial charge in [-0.05, 0) is 32.0 Å². The van der Waals surface area contributed by atoms with Crippen molar-refractivity contribution in [1.29, 1.82) is 5.26 Å². The Kier molecular flexibility index (Phi) is 5.44. The van der Waals surface area contributed by atoms with Gasteiger partial charge < -0.3 is 19.6 Å². The van der Waals surface area contributed by atoms with Crippen LogP contribution in [-0.4, -0.2) is 73.3 Å². The minimum Gasteiger partial charge on any atom is -0.485 e. The summed E-state index contributed by atoms with van der Waals surface area (Å²) in [6.45, 7) is 4.36. The number of halogens is 2. The Labute approximate surface area is 167 Å². The Hall–Kier alpha value is -2.45. The maximum Gasteiger partial charge on any atom is 0.252 e. The molecule has 1 fully saturated rings. The number of hydrogen-bond donors (Lipinski definition) is 1. The number of nitrogens with zero attached hydrogens (tertiary/aromatic N) is 4. The van der Waals surface area contributed by atoms with E-state index in [0.717, 1.165) is 0 Å². The van der Waals surface area contributed by atoms with Gasteiger partial charge in [0.2, 0.25) is 12.2 Å². The molecule has 11 heteroatoms. The summed E-state index contributed by atoms with van der Waals surface area (Å²) in [5.41, 5.74) is -0.673. The van der Waals surface area contributed by atoms with Crippen LogP contribution in [0.1, 0.15) is 25.5 Å². The van der Waals surface area contributed by atoms with E-state index >= 15 is 0 Å². The number of alkyl halides is 2. The Morgan fingerprint density at radius 1 is 1.41 bits per heavy atom. The number of nitriles is 1. The highest BCUT2D eigenvalue weighted by Gasteiger charge is 2.48. The van der Waals surface area contributed by atoms with E-state index in [9.17, 15) is 22.3 Å². The Morgan fingerprint density at radius 3 is 2.72 bits per heavy atom. The fourth-order valence-electron chi connectivity index (χ4n) is 3.67. The molecule has 3 rings (SSSR count). The van der Waals surface area contributed by atoms with Crippen molar-refractivity contribution in [2.45, 2.75) is 42.9 Å². The first-order valence-electron chi connectivity index (χ1n) is 8.94. The van der Waals surface area contributed by atoms with Crippen molar-refractivity contribution in [3.05, 3.63) is 23.8 Å². The predicted octanol–water partition coefficient (Wildman–Crippen LogP) is 1.38. The summed E-state index contributed by atoms with van der Waals surface area (Å²) in [5.74, 6) is -0.618. The topological polar surface area (TPSA) is 106 Å². The molecule has 0 amide bonds. The van der Waals surface area contributed by atoms with Crippen LogP contribution in [0.4, 0.5) is 8.78 Å². The normalized spacial score (nSPS) is 25.1. The van der Waals surface area contributed by atoms with Gasteiger partial charge in [-0.1, -0.05) is 0 Å². The van der Waals surface area contributed by atoms with Crippen molar-refractivity contribution in [2.75, 3.05) is 25.9 Å². The molecule has 0 aliphatic carbocycles. The smallest absolute Gasteiger partial charge is 0.252 e. The highest BCUT2D eigenvalue weighted by molar-refractivity contribution is 7.91. The Balaban J connectivity index is 2.14. The van der Waals surface area contributed by atoms with Gasteiger partial charge in [0.05, 0.1) is 10.9 Å². The number of likely N-dealkylation sites (N-methyl/N-ethyl adjacent to an activating group) is 1. The molecule has 0 spiro atoms. The second kappa shape index (κ2) is 7.42. The highest BCUT2D eigenvalue weighted by atomic mass is 32.2. The number of aliphatic hydroxyl groups excluding tert-OH is 1. The third kappa shape index (κ3) is 3.86. The lowest BCUT2D eigenvalue weighted by atomic mass is 9.85. The molecular formula is C18H22F2N4O4S. The number of sulfone groups is 1. The third-order valence-corrected chi connectivity index (χ3v) is 6.81. The number of ether oxygens (including phenoxy) is 1. The number of aliphatic hydroxyl groups is 1. The first kappa shape index (κ1) is 21.3. The molecule has 0 saturated carbocycles. The van der Waals surface area contributed by atoms with Crippen LogP contribution in [0.15, 0.2) is 28.1 Å². The van der Waals surface area contributed by atoms with Crippen LogP contribution in [0.2, 0.25) is 0 Å². The van der Waals surface area contributed by atoms with Crippen LogP contribution in [0, 0.1) is 11.5 Å². The van der Waals surface area contributed by atoms with Crippen molar-refractivity contribution in [1.82, 2.24) is 9.80 Å². The molecule has 2 aliphatic heterocycles. The molecule has 2 aliphatic rings. The van der Waals surface area contributed by atoms with Crippen LogP contribution in [-0.2, 0) is 9.84 Å². The lowest BCUT2D eigenvalue weighted by Gasteiger charge is -2.45. The molecule has 8 nitrogen and oxygen atoms in total. The molecule has 1 saturated heterocycles. The highest BCUT2D eigenvalue weighted by Crippen LogP contribution is 2.44. The van der Waals surface area contributed by atoms with E-state index in [4.69, 9.17) is 10.00 Å². The number of guanidine groups is 1. The molecule has 2 heterocycles. The SMILES string of the molecule is CN1CCN([C@@H]2c3cc(S(=O)(=O)CC(F)F)ccc3OC(C)(C)[C@H]2O)C1=NC#N. The third-order valence-electron chi connectivity index (χ3n) is 5.15. The number of hydrogen-bond acceptors (Lipinski definition) is 6. The van der Waals surface area contributed by atoms with Crippen LogP contribution in [0.5, 0.6) is 5.75 Å². The second-order valence-corrected chi connectivity index (χ2v) is 9.63. The van der Waals surface area contributed by atoms with Crippen LogP contribution >= 0.6 is 0 Å². The predicted molar refractivity (Wildman–Crippen MR) is 100 cm³/mol. The summed E-state index contributed by atoms with van der Waals surface area (Å²) in [6.07, 6.45) is -2.37. The van der Waals surface area contributed by atoms with E-state index < -0.39 is 39.8 Å². The van der Waals surface area contributed by atoms with E-state index in [0.29, 0.717) is 30.4 Å². The molecule has 0 unspecified atom stereocenters. The molecule has 29 heavy (non-hydrogen) atoms. The second-order valence-electron chi connectivity index (χ2n) is 7.59. The van der Waals surface area contributed by atoms with Gasteiger partial charge in [0, 0.05) is 25.7 Å². The minimum atomic E-state index is -4.22. The summed E-state index contributed by atoms with van der Waals surface area (Å²) < 4.78 is 55.9. The standard InChI is InChI=1S/C18H22F2N4O4S/c1-18(2)16(25)15(24-7-6-23(3)17(24)22-10-21)12-8-11(4-5-13(12)28-18)29(26,27)9-14(19)20/h4-5,8,14-16,25H,6-7,9H2,1-3H3/t15-,16+/m1/s1. The first-order chi connectivity index (χ1) is 13.5. The number of fused-ring (bicyclic) bond motifs is 1. The van der Waals surface area contributed by atoms with Gasteiger partial charge in [-0.3, -0.25) is 0 Å². The van der Waals surface area contributed by atoms with Crippen molar-refractivity contribution in [3.8, 4) is 11.9 Å². The Bertz CT molecular complexity index is 975. The van der Waals surface area contributed by atoms with Crippen LogP contribution in [0.25, 0.3) is 0 Å². The molecule has 158 valence electrons. The molecule has 1 N–H and O–H groups in total. The van der Waals surface area contributed by atoms with E-state index in [2.05, 4.69) is 4.99 Å². The van der Waals surface area contributed by atoms with Gasteiger partial charge in [-0.2, -0.15) is 5.26 Å². The average Bonchev–Trinajstić information content (AvgIpc) is 2.95. The zero-order valence-corrected chi connectivity index (χ0v) is 17.0. The van der Waals surface area contributed by atoms with Crippen LogP contribution < -0.4 is 4.74 Å². The fourth-order valence-corrected chi connectivity index (χ4v) is 4.78. The number of aliphatic imine (C=N–C) groups is 1. The summed E-state index contributed by atoms with van der Waals surface area (Å²) in [5, 5.41) is 20.1. The number of rotatable bonds is 4. The number of benzene rings is 1. The quantitative estimate of drug-likeness (QED) is 0.722. The zero-order chi connectivity index (χ0) is 21.6. The lowest BCUT2D eigenvalue weighted by Crippen LogP contribution is -2.54. The minimum absolute atomic E-state index is 0.275. The maximum absolute atomic E-state index is 12.7. The molecule has 0 radical (unpaired) electrons. The summed E-state index contributed by atoms with van der Waals surface area (Å²) in [7, 11) is -2.47. The molecule has 2 atom stereocenters. The summed E-state index contributed by atoms with van der Waals surface area (Å²) >= 11 is 0. The monoisotopic (exact) mass is 428 g/mol. The van der Waals surface area contributed by atoms with Gasteiger partial charge in [0.15, 0.2) is 9.84 Å². The maximum atomic E-state index is 12.7.